The fourth-order valence-electron chi connectivity index (χ4n) is 3.40. The Balaban J connectivity index is 1.52. The summed E-state index contributed by atoms with van der Waals surface area (Å²) in [6.45, 7) is 4.20. The number of carbonyl (C=O) groups excluding carboxylic acids is 1. The lowest BCUT2D eigenvalue weighted by Gasteiger charge is -2.33. The summed E-state index contributed by atoms with van der Waals surface area (Å²) in [6, 6.07) is 7.60. The van der Waals surface area contributed by atoms with Crippen LogP contribution in [0.4, 0.5) is 0 Å². The van der Waals surface area contributed by atoms with E-state index in [1.165, 1.54) is 15.6 Å². The molecule has 7 nitrogen and oxygen atoms in total. The van der Waals surface area contributed by atoms with Crippen LogP contribution in [0.2, 0.25) is 5.02 Å². The fourth-order valence-corrected chi connectivity index (χ4v) is 6.59. The zero-order valence-electron chi connectivity index (χ0n) is 15.3. The van der Waals surface area contributed by atoms with Gasteiger partial charge in [0.15, 0.2) is 5.76 Å². The van der Waals surface area contributed by atoms with Crippen LogP contribution in [0.5, 0.6) is 0 Å². The molecule has 1 aliphatic heterocycles. The topological polar surface area (TPSA) is 83.7 Å². The molecule has 1 amide bonds. The first-order valence-electron chi connectivity index (χ1n) is 8.70. The van der Waals surface area contributed by atoms with E-state index in [9.17, 15) is 13.2 Å². The number of hydrogen-bond donors (Lipinski definition) is 0. The Morgan fingerprint density at radius 2 is 1.86 bits per heavy atom. The number of piperazine rings is 1. The van der Waals surface area contributed by atoms with Crippen molar-refractivity contribution in [3.8, 4) is 0 Å². The normalized spacial score (nSPS) is 16.0. The van der Waals surface area contributed by atoms with Gasteiger partial charge in [-0.3, -0.25) is 4.79 Å². The smallest absolute Gasteiger partial charge is 0.265 e. The van der Waals surface area contributed by atoms with Gasteiger partial charge in [-0.25, -0.2) is 8.42 Å². The Kier molecular flexibility index (Phi) is 4.95. The Morgan fingerprint density at radius 3 is 2.46 bits per heavy atom. The molecule has 0 saturated carbocycles. The summed E-state index contributed by atoms with van der Waals surface area (Å²) in [7, 11) is -3.71. The first kappa shape index (κ1) is 19.4. The third-order valence-electron chi connectivity index (χ3n) is 4.82. The van der Waals surface area contributed by atoms with E-state index in [-0.39, 0.29) is 29.7 Å². The van der Waals surface area contributed by atoms with Crippen LogP contribution >= 0.6 is 22.9 Å². The van der Waals surface area contributed by atoms with E-state index in [1.807, 2.05) is 24.3 Å². The van der Waals surface area contributed by atoms with Gasteiger partial charge in [-0.05, 0) is 19.9 Å². The van der Waals surface area contributed by atoms with Gasteiger partial charge in [-0.15, -0.1) is 11.3 Å². The third-order valence-corrected chi connectivity index (χ3v) is 8.63. The molecule has 28 heavy (non-hydrogen) atoms. The number of rotatable bonds is 3. The van der Waals surface area contributed by atoms with Gasteiger partial charge < -0.3 is 9.42 Å². The van der Waals surface area contributed by atoms with Crippen molar-refractivity contribution in [1.29, 1.82) is 0 Å². The van der Waals surface area contributed by atoms with Crippen molar-refractivity contribution in [2.24, 2.45) is 0 Å². The first-order valence-corrected chi connectivity index (χ1v) is 11.3. The summed E-state index contributed by atoms with van der Waals surface area (Å²) in [4.78, 5) is 15.2. The van der Waals surface area contributed by atoms with Crippen molar-refractivity contribution in [1.82, 2.24) is 14.4 Å². The summed E-state index contributed by atoms with van der Waals surface area (Å²) >= 11 is 7.77. The minimum absolute atomic E-state index is 0.111. The molecule has 1 saturated heterocycles. The molecule has 4 rings (SSSR count). The number of fused-ring (bicyclic) bond motifs is 1. The standard InChI is InChI=1S/C18H18ClN3O4S2/c1-11-17(12(2)26-20-11)28(24,25)22-9-7-21(8-10-22)18(23)16-15(19)13-5-3-4-6-14(13)27-16/h3-6H,7-10H2,1-2H3. The molecule has 0 unspecified atom stereocenters. The number of halogens is 1. The molecule has 0 radical (unpaired) electrons. The van der Waals surface area contributed by atoms with Gasteiger partial charge in [0, 0.05) is 36.3 Å². The summed E-state index contributed by atoms with van der Waals surface area (Å²) in [5.41, 5.74) is 0.341. The number of benzene rings is 1. The van der Waals surface area contributed by atoms with E-state index >= 15 is 0 Å². The molecule has 0 atom stereocenters. The number of carbonyl (C=O) groups is 1. The van der Waals surface area contributed by atoms with Crippen LogP contribution in [0.1, 0.15) is 21.1 Å². The summed E-state index contributed by atoms with van der Waals surface area (Å²) < 4.78 is 33.1. The Bertz CT molecular complexity index is 1140. The molecule has 0 aliphatic carbocycles. The Hall–Kier alpha value is -1.94. The molecular weight excluding hydrogens is 422 g/mol. The molecule has 1 aliphatic rings. The van der Waals surface area contributed by atoms with Crippen LogP contribution in [0.3, 0.4) is 0 Å². The molecule has 2 aromatic heterocycles. The van der Waals surface area contributed by atoms with Crippen molar-refractivity contribution in [2.45, 2.75) is 18.7 Å². The van der Waals surface area contributed by atoms with Crippen LogP contribution in [-0.2, 0) is 10.0 Å². The largest absolute Gasteiger partial charge is 0.360 e. The molecule has 0 N–H and O–H groups in total. The lowest BCUT2D eigenvalue weighted by atomic mass is 10.2. The lowest BCUT2D eigenvalue weighted by molar-refractivity contribution is 0.0703. The number of nitrogens with zero attached hydrogens (tertiary/aromatic N) is 3. The second kappa shape index (κ2) is 7.14. The van der Waals surface area contributed by atoms with Crippen molar-refractivity contribution in [2.75, 3.05) is 26.2 Å². The van der Waals surface area contributed by atoms with Gasteiger partial charge in [0.1, 0.15) is 15.5 Å². The van der Waals surface area contributed by atoms with E-state index in [0.29, 0.717) is 28.7 Å². The average Bonchev–Trinajstić information content (AvgIpc) is 3.21. The monoisotopic (exact) mass is 439 g/mol. The first-order chi connectivity index (χ1) is 13.3. The van der Waals surface area contributed by atoms with Gasteiger partial charge in [-0.2, -0.15) is 4.31 Å². The molecule has 3 heterocycles. The van der Waals surface area contributed by atoms with Gasteiger partial charge in [0.05, 0.1) is 5.02 Å². The highest BCUT2D eigenvalue weighted by atomic mass is 35.5. The van der Waals surface area contributed by atoms with E-state index in [1.54, 1.807) is 18.7 Å². The summed E-state index contributed by atoms with van der Waals surface area (Å²) in [6.07, 6.45) is 0. The molecular formula is C18H18ClN3O4S2. The predicted molar refractivity (Wildman–Crippen MR) is 107 cm³/mol. The fraction of sp³-hybridized carbons (Fsp3) is 0.333. The Morgan fingerprint density at radius 1 is 1.18 bits per heavy atom. The number of hydrogen-bond acceptors (Lipinski definition) is 6. The zero-order valence-corrected chi connectivity index (χ0v) is 17.7. The van der Waals surface area contributed by atoms with Crippen LogP contribution in [0.15, 0.2) is 33.7 Å². The zero-order chi connectivity index (χ0) is 20.1. The van der Waals surface area contributed by atoms with Crippen LogP contribution in [0.25, 0.3) is 10.1 Å². The van der Waals surface area contributed by atoms with Crippen molar-refractivity contribution in [3.63, 3.8) is 0 Å². The van der Waals surface area contributed by atoms with Crippen LogP contribution < -0.4 is 0 Å². The maximum Gasteiger partial charge on any atom is 0.265 e. The molecule has 148 valence electrons. The minimum atomic E-state index is -3.71. The molecule has 0 bridgehead atoms. The maximum atomic E-state index is 12.9. The van der Waals surface area contributed by atoms with E-state index in [4.69, 9.17) is 16.1 Å². The van der Waals surface area contributed by atoms with Crippen molar-refractivity contribution in [3.05, 3.63) is 45.6 Å². The highest BCUT2D eigenvalue weighted by Crippen LogP contribution is 2.36. The molecule has 1 aromatic carbocycles. The van der Waals surface area contributed by atoms with Crippen molar-refractivity contribution >= 4 is 49.0 Å². The van der Waals surface area contributed by atoms with E-state index < -0.39 is 10.0 Å². The van der Waals surface area contributed by atoms with Gasteiger partial charge in [0.2, 0.25) is 10.0 Å². The maximum absolute atomic E-state index is 12.9. The molecule has 3 aromatic rings. The molecule has 10 heteroatoms. The quantitative estimate of drug-likeness (QED) is 0.625. The SMILES string of the molecule is Cc1noc(C)c1S(=O)(=O)N1CCN(C(=O)c2sc3ccccc3c2Cl)CC1. The highest BCUT2D eigenvalue weighted by molar-refractivity contribution is 7.89. The van der Waals surface area contributed by atoms with Crippen molar-refractivity contribution < 1.29 is 17.7 Å². The summed E-state index contributed by atoms with van der Waals surface area (Å²) in [5.74, 6) is 0.105. The second-order valence-electron chi connectivity index (χ2n) is 6.59. The van der Waals surface area contributed by atoms with E-state index in [2.05, 4.69) is 5.16 Å². The highest BCUT2D eigenvalue weighted by Gasteiger charge is 2.35. The lowest BCUT2D eigenvalue weighted by Crippen LogP contribution is -2.50. The van der Waals surface area contributed by atoms with Gasteiger partial charge in [0.25, 0.3) is 5.91 Å². The number of amides is 1. The number of aryl methyl sites for hydroxylation is 2. The minimum Gasteiger partial charge on any atom is -0.360 e. The van der Waals surface area contributed by atoms with Gasteiger partial charge in [-0.1, -0.05) is 35.0 Å². The number of aromatic nitrogens is 1. The predicted octanol–water partition coefficient (Wildman–Crippen LogP) is 3.31. The van der Waals surface area contributed by atoms with Crippen LogP contribution in [-0.4, -0.2) is 54.9 Å². The average molecular weight is 440 g/mol. The van der Waals surface area contributed by atoms with Gasteiger partial charge >= 0.3 is 0 Å². The second-order valence-corrected chi connectivity index (χ2v) is 9.90. The molecule has 1 fully saturated rings. The Labute approximate surface area is 171 Å². The number of sulfonamides is 1. The van der Waals surface area contributed by atoms with E-state index in [0.717, 1.165) is 10.1 Å². The number of thiophene rings is 1. The summed E-state index contributed by atoms with van der Waals surface area (Å²) in [5, 5.41) is 5.05. The van der Waals surface area contributed by atoms with Crippen LogP contribution in [0, 0.1) is 13.8 Å². The third kappa shape index (κ3) is 3.12. The molecule has 0 spiro atoms.